The van der Waals surface area contributed by atoms with Crippen LogP contribution in [0.4, 0.5) is 0 Å². The number of aryl methyl sites for hydroxylation is 1. The molecule has 2 aromatic heterocycles. The number of aromatic nitrogens is 3. The number of ether oxygens (including phenoxy) is 2. The van der Waals surface area contributed by atoms with E-state index < -0.39 is 0 Å². The average molecular weight is 415 g/mol. The van der Waals surface area contributed by atoms with E-state index in [9.17, 15) is 0 Å². The zero-order chi connectivity index (χ0) is 21.5. The van der Waals surface area contributed by atoms with Gasteiger partial charge in [0.2, 0.25) is 5.88 Å². The van der Waals surface area contributed by atoms with Crippen LogP contribution < -0.4 is 10.1 Å². The molecule has 2 atom stereocenters. The lowest BCUT2D eigenvalue weighted by Crippen LogP contribution is -2.47. The summed E-state index contributed by atoms with van der Waals surface area (Å²) in [6, 6.07) is 3.99. The zero-order valence-corrected chi connectivity index (χ0v) is 18.7. The lowest BCUT2D eigenvalue weighted by Gasteiger charge is -2.34. The maximum absolute atomic E-state index is 5.98. The molecule has 3 heterocycles. The number of morpholine rings is 1. The van der Waals surface area contributed by atoms with E-state index in [1.165, 1.54) is 0 Å². The molecule has 0 aliphatic carbocycles. The zero-order valence-electron chi connectivity index (χ0n) is 18.7. The van der Waals surface area contributed by atoms with Crippen LogP contribution in [0.5, 0.6) is 5.88 Å². The predicted octanol–water partition coefficient (Wildman–Crippen LogP) is 2.78. The number of hydrogen-bond donors (Lipinski definition) is 1. The number of nitrogens with one attached hydrogen (secondary N) is 1. The Hall–Kier alpha value is -2.61. The van der Waals surface area contributed by atoms with Crippen molar-refractivity contribution in [2.75, 3.05) is 26.7 Å². The molecule has 1 saturated heterocycles. The van der Waals surface area contributed by atoms with Gasteiger partial charge in [-0.3, -0.25) is 9.67 Å². The Morgan fingerprint density at radius 2 is 2.23 bits per heavy atom. The first-order chi connectivity index (χ1) is 14.4. The minimum absolute atomic E-state index is 0.00521. The Labute approximate surface area is 179 Å². The molecule has 0 radical (unpaired) electrons. The van der Waals surface area contributed by atoms with Crippen LogP contribution in [0.3, 0.4) is 0 Å². The van der Waals surface area contributed by atoms with E-state index in [2.05, 4.69) is 46.1 Å². The maximum atomic E-state index is 5.98. The molecule has 8 heteroatoms. The first kappa shape index (κ1) is 22.1. The molecule has 8 nitrogen and oxygen atoms in total. The fourth-order valence-corrected chi connectivity index (χ4v) is 3.71. The molecule has 2 aromatic rings. The largest absolute Gasteiger partial charge is 0.475 e. The summed E-state index contributed by atoms with van der Waals surface area (Å²) < 4.78 is 13.7. The molecule has 164 valence electrons. The predicted molar refractivity (Wildman–Crippen MR) is 117 cm³/mol. The summed E-state index contributed by atoms with van der Waals surface area (Å²) in [5.74, 6) is 2.12. The fraction of sp³-hybridized carbons (Fsp3) is 0.591. The number of aliphatic imine (C=N–C) groups is 1. The highest BCUT2D eigenvalue weighted by Gasteiger charge is 2.25. The fourth-order valence-electron chi connectivity index (χ4n) is 3.71. The third-order valence-electron chi connectivity index (χ3n) is 5.05. The van der Waals surface area contributed by atoms with Gasteiger partial charge in [0.15, 0.2) is 5.96 Å². The van der Waals surface area contributed by atoms with Gasteiger partial charge in [-0.1, -0.05) is 13.8 Å². The number of rotatable bonds is 7. The summed E-state index contributed by atoms with van der Waals surface area (Å²) in [6.45, 7) is 9.33. The van der Waals surface area contributed by atoms with Crippen molar-refractivity contribution in [2.24, 2.45) is 18.0 Å². The molecule has 1 fully saturated rings. The number of hydrogen-bond acceptors (Lipinski definition) is 5. The second-order valence-corrected chi connectivity index (χ2v) is 8.21. The van der Waals surface area contributed by atoms with Gasteiger partial charge in [0.05, 0.1) is 25.5 Å². The quantitative estimate of drug-likeness (QED) is 0.555. The Morgan fingerprint density at radius 1 is 1.40 bits per heavy atom. The van der Waals surface area contributed by atoms with Crippen LogP contribution in [-0.4, -0.2) is 58.5 Å². The molecule has 0 bridgehead atoms. The van der Waals surface area contributed by atoms with Crippen LogP contribution in [-0.2, 0) is 18.3 Å². The van der Waals surface area contributed by atoms with Crippen molar-refractivity contribution >= 4 is 5.96 Å². The molecular weight excluding hydrogens is 380 g/mol. The molecule has 2 unspecified atom stereocenters. The standard InChI is InChI=1S/C22H34N6O2/c1-16(2)10-17(3)30-21-11-18(6-7-24-21)12-25-22(23-4)28-8-9-29-20(15-28)19-13-26-27(5)14-19/h6-7,11,13-14,16-17,20H,8-10,12,15H2,1-5H3,(H,23,25). The third kappa shape index (κ3) is 6.19. The molecule has 1 aliphatic heterocycles. The van der Waals surface area contributed by atoms with Gasteiger partial charge in [-0.2, -0.15) is 5.10 Å². The maximum Gasteiger partial charge on any atom is 0.213 e. The van der Waals surface area contributed by atoms with Crippen molar-refractivity contribution in [3.05, 3.63) is 41.9 Å². The van der Waals surface area contributed by atoms with Gasteiger partial charge in [-0.15, -0.1) is 0 Å². The van der Waals surface area contributed by atoms with Gasteiger partial charge in [-0.25, -0.2) is 4.98 Å². The van der Waals surface area contributed by atoms with Gasteiger partial charge >= 0.3 is 0 Å². The smallest absolute Gasteiger partial charge is 0.213 e. The Bertz CT molecular complexity index is 835. The summed E-state index contributed by atoms with van der Waals surface area (Å²) in [4.78, 5) is 11.1. The van der Waals surface area contributed by atoms with Crippen molar-refractivity contribution in [3.8, 4) is 5.88 Å². The summed E-state index contributed by atoms with van der Waals surface area (Å²) in [5, 5.41) is 7.72. The first-order valence-corrected chi connectivity index (χ1v) is 10.6. The normalized spacial score (nSPS) is 18.5. The molecule has 0 spiro atoms. The molecular formula is C22H34N6O2. The van der Waals surface area contributed by atoms with E-state index in [1.54, 1.807) is 10.9 Å². The molecule has 1 aliphatic rings. The molecule has 0 amide bonds. The van der Waals surface area contributed by atoms with Crippen LogP contribution in [0.2, 0.25) is 0 Å². The number of pyridine rings is 1. The minimum Gasteiger partial charge on any atom is -0.475 e. The highest BCUT2D eigenvalue weighted by molar-refractivity contribution is 5.80. The monoisotopic (exact) mass is 414 g/mol. The Morgan fingerprint density at radius 3 is 2.93 bits per heavy atom. The lowest BCUT2D eigenvalue weighted by molar-refractivity contribution is -0.00805. The van der Waals surface area contributed by atoms with E-state index in [-0.39, 0.29) is 12.2 Å². The number of guanidine groups is 1. The topological polar surface area (TPSA) is 76.8 Å². The van der Waals surface area contributed by atoms with E-state index >= 15 is 0 Å². The van der Waals surface area contributed by atoms with Crippen molar-refractivity contribution in [1.29, 1.82) is 0 Å². The number of nitrogens with zero attached hydrogens (tertiary/aromatic N) is 5. The molecule has 0 saturated carbocycles. The van der Waals surface area contributed by atoms with Crippen LogP contribution in [0.15, 0.2) is 35.7 Å². The molecule has 3 rings (SSSR count). The van der Waals surface area contributed by atoms with Crippen LogP contribution in [0.25, 0.3) is 0 Å². The van der Waals surface area contributed by atoms with Crippen molar-refractivity contribution in [2.45, 2.75) is 45.9 Å². The minimum atomic E-state index is -0.00521. The van der Waals surface area contributed by atoms with Gasteiger partial charge in [0, 0.05) is 51.2 Å². The van der Waals surface area contributed by atoms with E-state index in [0.717, 1.165) is 36.6 Å². The highest BCUT2D eigenvalue weighted by Crippen LogP contribution is 2.22. The first-order valence-electron chi connectivity index (χ1n) is 10.6. The van der Waals surface area contributed by atoms with Gasteiger partial charge < -0.3 is 19.7 Å². The second-order valence-electron chi connectivity index (χ2n) is 8.21. The van der Waals surface area contributed by atoms with Crippen molar-refractivity contribution in [1.82, 2.24) is 25.0 Å². The van der Waals surface area contributed by atoms with Crippen LogP contribution in [0, 0.1) is 5.92 Å². The summed E-state index contributed by atoms with van der Waals surface area (Å²) >= 11 is 0. The van der Waals surface area contributed by atoms with Gasteiger partial charge in [0.25, 0.3) is 0 Å². The van der Waals surface area contributed by atoms with E-state index in [4.69, 9.17) is 9.47 Å². The average Bonchev–Trinajstić information content (AvgIpc) is 3.15. The van der Waals surface area contributed by atoms with Crippen molar-refractivity contribution < 1.29 is 9.47 Å². The van der Waals surface area contributed by atoms with E-state index in [0.29, 0.717) is 24.9 Å². The van der Waals surface area contributed by atoms with Crippen LogP contribution in [0.1, 0.15) is 44.4 Å². The summed E-state index contributed by atoms with van der Waals surface area (Å²) in [6.07, 6.45) is 6.81. The second kappa shape index (κ2) is 10.4. The van der Waals surface area contributed by atoms with E-state index in [1.807, 2.05) is 38.6 Å². The highest BCUT2D eigenvalue weighted by atomic mass is 16.5. The Balaban J connectivity index is 1.57. The lowest BCUT2D eigenvalue weighted by atomic mass is 10.1. The Kier molecular flexibility index (Phi) is 7.68. The van der Waals surface area contributed by atoms with Gasteiger partial charge in [-0.05, 0) is 30.9 Å². The third-order valence-corrected chi connectivity index (χ3v) is 5.05. The molecule has 30 heavy (non-hydrogen) atoms. The molecule has 1 N–H and O–H groups in total. The van der Waals surface area contributed by atoms with Crippen LogP contribution >= 0.6 is 0 Å². The van der Waals surface area contributed by atoms with Crippen molar-refractivity contribution in [3.63, 3.8) is 0 Å². The molecule has 0 aromatic carbocycles. The summed E-state index contributed by atoms with van der Waals surface area (Å²) in [7, 11) is 3.73. The van der Waals surface area contributed by atoms with Gasteiger partial charge in [0.1, 0.15) is 6.10 Å². The summed E-state index contributed by atoms with van der Waals surface area (Å²) in [5.41, 5.74) is 2.19. The SMILES string of the molecule is CN=C(NCc1ccnc(OC(C)CC(C)C)c1)N1CCOC(c2cnn(C)c2)C1.